The molecule has 0 unspecified atom stereocenters. The summed E-state index contributed by atoms with van der Waals surface area (Å²) in [5.41, 5.74) is 1.19. The van der Waals surface area contributed by atoms with E-state index >= 15 is 0 Å². The van der Waals surface area contributed by atoms with Gasteiger partial charge in [-0.1, -0.05) is 19.9 Å². The van der Waals surface area contributed by atoms with Crippen molar-refractivity contribution in [3.05, 3.63) is 28.2 Å². The lowest BCUT2D eigenvalue weighted by molar-refractivity contribution is -0.123. The predicted octanol–water partition coefficient (Wildman–Crippen LogP) is 2.85. The zero-order valence-corrected chi connectivity index (χ0v) is 13.8. The Balaban J connectivity index is 2.45. The van der Waals surface area contributed by atoms with Crippen molar-refractivity contribution in [3.8, 4) is 5.75 Å². The zero-order valence-electron chi connectivity index (χ0n) is 12.2. The summed E-state index contributed by atoms with van der Waals surface area (Å²) in [6, 6.07) is 5.91. The number of amides is 1. The molecule has 0 aromatic heterocycles. The molecule has 0 fully saturated rings. The Morgan fingerprint density at radius 3 is 2.65 bits per heavy atom. The molecule has 1 amide bonds. The van der Waals surface area contributed by atoms with Crippen LogP contribution in [0.1, 0.15) is 32.3 Å². The van der Waals surface area contributed by atoms with Gasteiger partial charge in [-0.25, -0.2) is 0 Å². The molecule has 0 saturated carbocycles. The minimum atomic E-state index is -0.0903. The normalized spacial score (nSPS) is 10.3. The Hall–Kier alpha value is -1.07. The van der Waals surface area contributed by atoms with Crippen molar-refractivity contribution in [1.82, 2.24) is 10.6 Å². The molecule has 1 rings (SSSR count). The Bertz CT molecular complexity index is 424. The van der Waals surface area contributed by atoms with E-state index in [9.17, 15) is 4.79 Å². The second-order valence-electron chi connectivity index (χ2n) is 4.58. The van der Waals surface area contributed by atoms with Gasteiger partial charge >= 0.3 is 0 Å². The Labute approximate surface area is 129 Å². The molecule has 0 saturated heterocycles. The molecule has 0 radical (unpaired) electrons. The van der Waals surface area contributed by atoms with Crippen LogP contribution in [0.25, 0.3) is 0 Å². The number of hydrogen-bond donors (Lipinski definition) is 2. The van der Waals surface area contributed by atoms with Crippen LogP contribution in [0.2, 0.25) is 0 Å². The first kappa shape index (κ1) is 17.0. The first-order valence-electron chi connectivity index (χ1n) is 7.06. The number of rotatable bonds is 9. The van der Waals surface area contributed by atoms with E-state index in [-0.39, 0.29) is 12.5 Å². The van der Waals surface area contributed by atoms with E-state index in [4.69, 9.17) is 4.74 Å². The maximum absolute atomic E-state index is 11.5. The highest BCUT2D eigenvalue weighted by atomic mass is 79.9. The molecule has 0 atom stereocenters. The Kier molecular flexibility index (Phi) is 8.30. The standard InChI is InChI=1S/C15H23BrN2O2/c1-3-7-17-10-12-5-6-14(13(16)9-12)20-11-15(19)18-8-4-2/h5-6,9,17H,3-4,7-8,10-11H2,1-2H3,(H,18,19). The molecule has 0 aliphatic carbocycles. The fraction of sp³-hybridized carbons (Fsp3) is 0.533. The second-order valence-corrected chi connectivity index (χ2v) is 5.43. The van der Waals surface area contributed by atoms with E-state index in [1.165, 1.54) is 5.56 Å². The highest BCUT2D eigenvalue weighted by molar-refractivity contribution is 9.10. The van der Waals surface area contributed by atoms with E-state index in [1.54, 1.807) is 0 Å². The first-order valence-corrected chi connectivity index (χ1v) is 7.85. The molecular weight excluding hydrogens is 320 g/mol. The fourth-order valence-electron chi connectivity index (χ4n) is 1.64. The number of hydrogen-bond acceptors (Lipinski definition) is 3. The highest BCUT2D eigenvalue weighted by Crippen LogP contribution is 2.25. The van der Waals surface area contributed by atoms with Gasteiger partial charge in [0.2, 0.25) is 0 Å². The number of carbonyl (C=O) groups excluding carboxylic acids is 1. The summed E-state index contributed by atoms with van der Waals surface area (Å²) in [5, 5.41) is 6.12. The van der Waals surface area contributed by atoms with Gasteiger partial charge in [-0.15, -0.1) is 0 Å². The molecule has 1 aromatic rings. The molecule has 112 valence electrons. The third-order valence-electron chi connectivity index (χ3n) is 2.68. The predicted molar refractivity (Wildman–Crippen MR) is 84.9 cm³/mol. The largest absolute Gasteiger partial charge is 0.483 e. The second kappa shape index (κ2) is 9.77. The smallest absolute Gasteiger partial charge is 0.257 e. The van der Waals surface area contributed by atoms with Gasteiger partial charge in [0, 0.05) is 13.1 Å². The summed E-state index contributed by atoms with van der Waals surface area (Å²) in [6.07, 6.45) is 2.05. The van der Waals surface area contributed by atoms with Crippen LogP contribution in [0.4, 0.5) is 0 Å². The summed E-state index contributed by atoms with van der Waals surface area (Å²) in [7, 11) is 0. The molecule has 5 heteroatoms. The van der Waals surface area contributed by atoms with E-state index < -0.39 is 0 Å². The van der Waals surface area contributed by atoms with Gasteiger partial charge in [-0.05, 0) is 53.0 Å². The maximum Gasteiger partial charge on any atom is 0.257 e. The molecule has 0 bridgehead atoms. The summed E-state index contributed by atoms with van der Waals surface area (Å²) in [5.74, 6) is 0.600. The molecule has 20 heavy (non-hydrogen) atoms. The van der Waals surface area contributed by atoms with Gasteiger partial charge in [0.1, 0.15) is 5.75 Å². The van der Waals surface area contributed by atoms with Crippen LogP contribution in [0.15, 0.2) is 22.7 Å². The topological polar surface area (TPSA) is 50.4 Å². The summed E-state index contributed by atoms with van der Waals surface area (Å²) >= 11 is 3.47. The SMILES string of the molecule is CCCNCc1ccc(OCC(=O)NCCC)c(Br)c1. The molecule has 0 aliphatic rings. The average Bonchev–Trinajstić information content (AvgIpc) is 2.44. The third-order valence-corrected chi connectivity index (χ3v) is 3.30. The van der Waals surface area contributed by atoms with Crippen molar-refractivity contribution >= 4 is 21.8 Å². The van der Waals surface area contributed by atoms with Crippen LogP contribution >= 0.6 is 15.9 Å². The van der Waals surface area contributed by atoms with Crippen molar-refractivity contribution in [2.24, 2.45) is 0 Å². The van der Waals surface area contributed by atoms with Crippen LogP contribution in [0, 0.1) is 0 Å². The van der Waals surface area contributed by atoms with Gasteiger partial charge in [-0.3, -0.25) is 4.79 Å². The summed E-state index contributed by atoms with van der Waals surface area (Å²) in [4.78, 5) is 11.5. The van der Waals surface area contributed by atoms with Crippen LogP contribution < -0.4 is 15.4 Å². The number of ether oxygens (including phenoxy) is 1. The van der Waals surface area contributed by atoms with Gasteiger partial charge in [0.15, 0.2) is 6.61 Å². The average molecular weight is 343 g/mol. The van der Waals surface area contributed by atoms with Crippen molar-refractivity contribution in [2.75, 3.05) is 19.7 Å². The Morgan fingerprint density at radius 1 is 1.25 bits per heavy atom. The van der Waals surface area contributed by atoms with Gasteiger partial charge in [0.25, 0.3) is 5.91 Å². The van der Waals surface area contributed by atoms with Crippen LogP contribution in [0.5, 0.6) is 5.75 Å². The van der Waals surface area contributed by atoms with E-state index in [0.29, 0.717) is 12.3 Å². The molecule has 2 N–H and O–H groups in total. The summed E-state index contributed by atoms with van der Waals surface area (Å²) in [6.45, 7) is 6.74. The number of benzene rings is 1. The lowest BCUT2D eigenvalue weighted by Gasteiger charge is -2.10. The number of nitrogens with one attached hydrogen (secondary N) is 2. The van der Waals surface area contributed by atoms with Gasteiger partial charge < -0.3 is 15.4 Å². The molecule has 0 aliphatic heterocycles. The molecular formula is C15H23BrN2O2. The van der Waals surface area contributed by atoms with Gasteiger partial charge in [-0.2, -0.15) is 0 Å². The van der Waals surface area contributed by atoms with Crippen LogP contribution in [0.3, 0.4) is 0 Å². The minimum Gasteiger partial charge on any atom is -0.483 e. The van der Waals surface area contributed by atoms with E-state index in [2.05, 4.69) is 33.5 Å². The van der Waals surface area contributed by atoms with Crippen molar-refractivity contribution in [1.29, 1.82) is 0 Å². The third kappa shape index (κ3) is 6.39. The van der Waals surface area contributed by atoms with Crippen molar-refractivity contribution < 1.29 is 9.53 Å². The molecule has 4 nitrogen and oxygen atoms in total. The van der Waals surface area contributed by atoms with E-state index in [1.807, 2.05) is 25.1 Å². The lowest BCUT2D eigenvalue weighted by atomic mass is 10.2. The van der Waals surface area contributed by atoms with Crippen LogP contribution in [-0.4, -0.2) is 25.6 Å². The van der Waals surface area contributed by atoms with Crippen LogP contribution in [-0.2, 0) is 11.3 Å². The fourth-order valence-corrected chi connectivity index (χ4v) is 2.18. The highest BCUT2D eigenvalue weighted by Gasteiger charge is 2.06. The molecule has 1 aromatic carbocycles. The minimum absolute atomic E-state index is 0.0477. The molecule has 0 heterocycles. The lowest BCUT2D eigenvalue weighted by Crippen LogP contribution is -2.29. The maximum atomic E-state index is 11.5. The van der Waals surface area contributed by atoms with Gasteiger partial charge in [0.05, 0.1) is 4.47 Å². The number of halogens is 1. The summed E-state index contributed by atoms with van der Waals surface area (Å²) < 4.78 is 6.37. The molecule has 0 spiro atoms. The zero-order chi connectivity index (χ0) is 14.8. The van der Waals surface area contributed by atoms with E-state index in [0.717, 1.165) is 30.4 Å². The van der Waals surface area contributed by atoms with Crippen molar-refractivity contribution in [2.45, 2.75) is 33.2 Å². The Morgan fingerprint density at radius 2 is 2.00 bits per heavy atom. The first-order chi connectivity index (χ1) is 9.67. The van der Waals surface area contributed by atoms with Crippen molar-refractivity contribution in [3.63, 3.8) is 0 Å². The number of carbonyl (C=O) groups is 1. The monoisotopic (exact) mass is 342 g/mol. The quantitative estimate of drug-likeness (QED) is 0.678.